The number of rotatable bonds is 7. The smallest absolute Gasteiger partial charge is 0.108 e. The third-order valence-corrected chi connectivity index (χ3v) is 3.84. The summed E-state index contributed by atoms with van der Waals surface area (Å²) in [5, 5.41) is 3.67. The Morgan fingerprint density at radius 3 is 2.43 bits per heavy atom. The minimum Gasteiger partial charge on any atom is -0.469 e. The van der Waals surface area contributed by atoms with Gasteiger partial charge in [-0.2, -0.15) is 0 Å². The summed E-state index contributed by atoms with van der Waals surface area (Å²) in [5.41, 5.74) is 5.37. The van der Waals surface area contributed by atoms with Crippen LogP contribution < -0.4 is 5.32 Å². The summed E-state index contributed by atoms with van der Waals surface area (Å²) in [6, 6.07) is 9.26. The summed E-state index contributed by atoms with van der Waals surface area (Å²) in [6.45, 7) is 9.72. The molecule has 2 aromatic rings. The Balaban J connectivity index is 2.23. The summed E-state index contributed by atoms with van der Waals surface area (Å²) in [5.74, 6) is 1.10. The number of aryl methyl sites for hydroxylation is 3. The first-order chi connectivity index (χ1) is 10.1. The minimum atomic E-state index is 0.333. The highest BCUT2D eigenvalue weighted by molar-refractivity contribution is 5.31. The second kappa shape index (κ2) is 7.46. The van der Waals surface area contributed by atoms with Crippen molar-refractivity contribution in [2.24, 2.45) is 0 Å². The van der Waals surface area contributed by atoms with E-state index in [1.54, 1.807) is 0 Å². The third kappa shape index (κ3) is 4.21. The molecule has 0 aliphatic carbocycles. The molecule has 2 nitrogen and oxygen atoms in total. The van der Waals surface area contributed by atoms with Crippen LogP contribution in [0.15, 0.2) is 34.9 Å². The van der Waals surface area contributed by atoms with Gasteiger partial charge < -0.3 is 9.73 Å². The van der Waals surface area contributed by atoms with Crippen LogP contribution in [0.5, 0.6) is 0 Å². The maximum absolute atomic E-state index is 5.62. The molecule has 2 heteroatoms. The van der Waals surface area contributed by atoms with Crippen molar-refractivity contribution in [1.29, 1.82) is 0 Å². The normalized spacial score (nSPS) is 12.6. The predicted molar refractivity (Wildman–Crippen MR) is 88.7 cm³/mol. The molecule has 1 atom stereocenters. The van der Waals surface area contributed by atoms with E-state index in [9.17, 15) is 0 Å². The molecule has 114 valence electrons. The third-order valence-electron chi connectivity index (χ3n) is 3.84. The summed E-state index contributed by atoms with van der Waals surface area (Å²) < 4.78 is 5.62. The molecule has 1 aromatic heterocycles. The number of hydrogen-bond donors (Lipinski definition) is 1. The van der Waals surface area contributed by atoms with Crippen LogP contribution in [0.4, 0.5) is 0 Å². The Hall–Kier alpha value is -1.54. The second-order valence-corrected chi connectivity index (χ2v) is 5.86. The fraction of sp³-hybridized carbons (Fsp3) is 0.474. The average molecular weight is 285 g/mol. The number of nitrogens with one attached hydrogen (secondary N) is 1. The molecule has 0 saturated carbocycles. The number of benzene rings is 1. The monoisotopic (exact) mass is 285 g/mol. The molecule has 1 N–H and O–H groups in total. The molecule has 0 amide bonds. The lowest BCUT2D eigenvalue weighted by atomic mass is 9.96. The van der Waals surface area contributed by atoms with Crippen molar-refractivity contribution in [1.82, 2.24) is 5.32 Å². The molecule has 0 fully saturated rings. The van der Waals surface area contributed by atoms with Crippen molar-refractivity contribution < 1.29 is 4.42 Å². The van der Waals surface area contributed by atoms with Crippen LogP contribution >= 0.6 is 0 Å². The van der Waals surface area contributed by atoms with E-state index in [1.807, 2.05) is 6.26 Å². The van der Waals surface area contributed by atoms with Crippen molar-refractivity contribution in [3.63, 3.8) is 0 Å². The standard InChI is InChI=1S/C19H27NO/c1-5-8-20-18(17-7-9-21-19(17)6-2)13-16-11-14(3)10-15(4)12-16/h7,9-12,18,20H,5-6,8,13H2,1-4H3. The van der Waals surface area contributed by atoms with Gasteiger partial charge >= 0.3 is 0 Å². The Bertz CT molecular complexity index is 550. The fourth-order valence-corrected chi connectivity index (χ4v) is 2.98. The Labute approximate surface area is 128 Å². The zero-order chi connectivity index (χ0) is 15.2. The van der Waals surface area contributed by atoms with E-state index in [-0.39, 0.29) is 0 Å². The first kappa shape index (κ1) is 15.8. The van der Waals surface area contributed by atoms with Crippen LogP contribution in [0.25, 0.3) is 0 Å². The molecular weight excluding hydrogens is 258 g/mol. The first-order valence-electron chi connectivity index (χ1n) is 8.00. The molecule has 1 aromatic carbocycles. The van der Waals surface area contributed by atoms with E-state index >= 15 is 0 Å². The van der Waals surface area contributed by atoms with Crippen LogP contribution in [0.2, 0.25) is 0 Å². The lowest BCUT2D eigenvalue weighted by Gasteiger charge is -2.19. The van der Waals surface area contributed by atoms with Crippen LogP contribution in [0, 0.1) is 13.8 Å². The van der Waals surface area contributed by atoms with E-state index in [1.165, 1.54) is 22.3 Å². The fourth-order valence-electron chi connectivity index (χ4n) is 2.98. The lowest BCUT2D eigenvalue weighted by molar-refractivity contribution is 0.481. The van der Waals surface area contributed by atoms with E-state index < -0.39 is 0 Å². The van der Waals surface area contributed by atoms with Crippen molar-refractivity contribution in [3.8, 4) is 0 Å². The van der Waals surface area contributed by atoms with Gasteiger partial charge in [-0.15, -0.1) is 0 Å². The van der Waals surface area contributed by atoms with Crippen molar-refractivity contribution in [3.05, 3.63) is 58.5 Å². The molecule has 0 aliphatic rings. The maximum atomic E-state index is 5.62. The zero-order valence-electron chi connectivity index (χ0n) is 13.7. The molecule has 1 heterocycles. The number of hydrogen-bond acceptors (Lipinski definition) is 2. The van der Waals surface area contributed by atoms with Crippen LogP contribution in [0.1, 0.15) is 54.3 Å². The zero-order valence-corrected chi connectivity index (χ0v) is 13.7. The van der Waals surface area contributed by atoms with E-state index in [0.29, 0.717) is 6.04 Å². The Kier molecular flexibility index (Phi) is 5.63. The molecule has 0 bridgehead atoms. The second-order valence-electron chi connectivity index (χ2n) is 5.86. The highest BCUT2D eigenvalue weighted by Gasteiger charge is 2.17. The van der Waals surface area contributed by atoms with E-state index in [4.69, 9.17) is 4.42 Å². The summed E-state index contributed by atoms with van der Waals surface area (Å²) in [7, 11) is 0. The van der Waals surface area contributed by atoms with Gasteiger partial charge in [0.2, 0.25) is 0 Å². The average Bonchev–Trinajstić information content (AvgIpc) is 2.90. The van der Waals surface area contributed by atoms with E-state index in [0.717, 1.165) is 31.6 Å². The highest BCUT2D eigenvalue weighted by atomic mass is 16.3. The quantitative estimate of drug-likeness (QED) is 0.794. The SMILES string of the molecule is CCCNC(Cc1cc(C)cc(C)c1)c1ccoc1CC. The van der Waals surface area contributed by atoms with Crippen molar-refractivity contribution >= 4 is 0 Å². The van der Waals surface area contributed by atoms with Gasteiger partial charge in [0.1, 0.15) is 5.76 Å². The van der Waals surface area contributed by atoms with Gasteiger partial charge in [-0.25, -0.2) is 0 Å². The Morgan fingerprint density at radius 1 is 1.10 bits per heavy atom. The summed E-state index contributed by atoms with van der Waals surface area (Å²) >= 11 is 0. The maximum Gasteiger partial charge on any atom is 0.108 e. The summed E-state index contributed by atoms with van der Waals surface area (Å²) in [4.78, 5) is 0. The predicted octanol–water partition coefficient (Wildman–Crippen LogP) is 4.74. The van der Waals surface area contributed by atoms with Crippen LogP contribution in [0.3, 0.4) is 0 Å². The molecule has 21 heavy (non-hydrogen) atoms. The molecule has 2 rings (SSSR count). The van der Waals surface area contributed by atoms with Crippen LogP contribution in [-0.4, -0.2) is 6.54 Å². The molecular formula is C19H27NO. The molecule has 1 unspecified atom stereocenters. The van der Waals surface area contributed by atoms with Gasteiger partial charge in [0.05, 0.1) is 6.26 Å². The van der Waals surface area contributed by atoms with E-state index in [2.05, 4.69) is 57.3 Å². The first-order valence-corrected chi connectivity index (χ1v) is 8.00. The molecule has 0 radical (unpaired) electrons. The van der Waals surface area contributed by atoms with Gasteiger partial charge in [-0.1, -0.05) is 43.2 Å². The van der Waals surface area contributed by atoms with Gasteiger partial charge in [0.15, 0.2) is 0 Å². The Morgan fingerprint density at radius 2 is 1.81 bits per heavy atom. The minimum absolute atomic E-state index is 0.333. The highest BCUT2D eigenvalue weighted by Crippen LogP contribution is 2.24. The molecule has 0 spiro atoms. The largest absolute Gasteiger partial charge is 0.469 e. The van der Waals surface area contributed by atoms with Gasteiger partial charge in [-0.3, -0.25) is 0 Å². The topological polar surface area (TPSA) is 25.2 Å². The molecule has 0 saturated heterocycles. The van der Waals surface area contributed by atoms with Crippen molar-refractivity contribution in [2.75, 3.05) is 6.54 Å². The van der Waals surface area contributed by atoms with Crippen LogP contribution in [-0.2, 0) is 12.8 Å². The number of furan rings is 1. The summed E-state index contributed by atoms with van der Waals surface area (Å²) in [6.07, 6.45) is 4.91. The van der Waals surface area contributed by atoms with Gasteiger partial charge in [-0.05, 0) is 44.9 Å². The molecule has 0 aliphatic heterocycles. The van der Waals surface area contributed by atoms with Crippen molar-refractivity contribution in [2.45, 2.75) is 53.0 Å². The van der Waals surface area contributed by atoms with Gasteiger partial charge in [0.25, 0.3) is 0 Å². The van der Waals surface area contributed by atoms with Gasteiger partial charge in [0, 0.05) is 18.0 Å². The lowest BCUT2D eigenvalue weighted by Crippen LogP contribution is -2.24.